The van der Waals surface area contributed by atoms with Crippen LogP contribution in [0.25, 0.3) is 0 Å². The van der Waals surface area contributed by atoms with Gasteiger partial charge >= 0.3 is 5.97 Å². The maximum absolute atomic E-state index is 11.2. The van der Waals surface area contributed by atoms with E-state index in [0.717, 1.165) is 6.42 Å². The lowest BCUT2D eigenvalue weighted by Crippen LogP contribution is -2.44. The zero-order chi connectivity index (χ0) is 12.4. The summed E-state index contributed by atoms with van der Waals surface area (Å²) in [5.74, 6) is -0.186. The van der Waals surface area contributed by atoms with Crippen molar-refractivity contribution in [2.24, 2.45) is 0 Å². The Morgan fingerprint density at radius 1 is 1.35 bits per heavy atom. The topological polar surface area (TPSA) is 76.0 Å². The molecule has 0 unspecified atom stereocenters. The van der Waals surface area contributed by atoms with Crippen LogP contribution in [0.2, 0.25) is 0 Å². The number of aliphatic hydroxyl groups excluding tert-OH is 2. The van der Waals surface area contributed by atoms with Gasteiger partial charge in [0.25, 0.3) is 0 Å². The SMILES string of the molecule is C[C@H](O)C[C@H](O)C[C@H]1C[C@H]2C[C@H](CC(=O)O2)O1. The van der Waals surface area contributed by atoms with Crippen LogP contribution in [0.3, 0.4) is 0 Å². The standard InChI is InChI=1S/C12H20O5/c1-7(13)2-8(14)3-9-4-10-5-11(16-9)6-12(15)17-10/h7-11,13-14H,2-6H2,1H3/t7-,8-,9-,10-,11+/m0/s1. The molecule has 0 saturated carbocycles. The summed E-state index contributed by atoms with van der Waals surface area (Å²) < 4.78 is 10.9. The molecule has 5 heteroatoms. The van der Waals surface area contributed by atoms with E-state index in [9.17, 15) is 15.0 Å². The second-order valence-corrected chi connectivity index (χ2v) is 5.14. The average Bonchev–Trinajstić information content (AvgIpc) is 2.12. The predicted molar refractivity (Wildman–Crippen MR) is 59.3 cm³/mol. The number of carbonyl (C=O) groups excluding carboxylic acids is 1. The van der Waals surface area contributed by atoms with E-state index in [-0.39, 0.29) is 24.3 Å². The van der Waals surface area contributed by atoms with Crippen molar-refractivity contribution >= 4 is 5.97 Å². The maximum Gasteiger partial charge on any atom is 0.308 e. The molecule has 0 aliphatic carbocycles. The van der Waals surface area contributed by atoms with Crippen molar-refractivity contribution in [3.63, 3.8) is 0 Å². The summed E-state index contributed by atoms with van der Waals surface area (Å²) in [6.07, 6.45) is 1.34. The quantitative estimate of drug-likeness (QED) is 0.699. The lowest BCUT2D eigenvalue weighted by atomic mass is 9.93. The fourth-order valence-corrected chi connectivity index (χ4v) is 2.66. The molecule has 2 aliphatic rings. The highest BCUT2D eigenvalue weighted by atomic mass is 16.6. The van der Waals surface area contributed by atoms with Crippen LogP contribution >= 0.6 is 0 Å². The predicted octanol–water partition coefficient (Wildman–Crippen LogP) is 0.371. The van der Waals surface area contributed by atoms with Gasteiger partial charge in [-0.25, -0.2) is 0 Å². The zero-order valence-electron chi connectivity index (χ0n) is 10.0. The van der Waals surface area contributed by atoms with Gasteiger partial charge in [0, 0.05) is 12.8 Å². The lowest BCUT2D eigenvalue weighted by molar-refractivity contribution is -0.186. The Balaban J connectivity index is 1.81. The minimum absolute atomic E-state index is 0.0567. The molecule has 0 spiro atoms. The molecule has 2 fully saturated rings. The van der Waals surface area contributed by atoms with E-state index in [2.05, 4.69) is 0 Å². The molecule has 0 amide bonds. The van der Waals surface area contributed by atoms with Gasteiger partial charge in [0.2, 0.25) is 0 Å². The number of carbonyl (C=O) groups is 1. The molecule has 2 aliphatic heterocycles. The Kier molecular flexibility index (Phi) is 4.01. The summed E-state index contributed by atoms with van der Waals surface area (Å²) in [6.45, 7) is 1.65. The summed E-state index contributed by atoms with van der Waals surface area (Å²) in [7, 11) is 0. The van der Waals surface area contributed by atoms with Gasteiger partial charge in [-0.05, 0) is 19.8 Å². The number of fused-ring (bicyclic) bond motifs is 2. The van der Waals surface area contributed by atoms with E-state index in [1.54, 1.807) is 6.92 Å². The van der Waals surface area contributed by atoms with Crippen LogP contribution < -0.4 is 0 Å². The Labute approximate surface area is 101 Å². The molecule has 2 N–H and O–H groups in total. The van der Waals surface area contributed by atoms with Gasteiger partial charge in [0.1, 0.15) is 6.10 Å². The first-order valence-electron chi connectivity index (χ1n) is 6.24. The van der Waals surface area contributed by atoms with E-state index in [0.29, 0.717) is 25.7 Å². The van der Waals surface area contributed by atoms with Crippen molar-refractivity contribution in [1.29, 1.82) is 0 Å². The smallest absolute Gasteiger partial charge is 0.308 e. The third-order valence-electron chi connectivity index (χ3n) is 3.28. The molecular weight excluding hydrogens is 224 g/mol. The van der Waals surface area contributed by atoms with Crippen LogP contribution in [0, 0.1) is 0 Å². The summed E-state index contributed by atoms with van der Waals surface area (Å²) in [5, 5.41) is 18.9. The van der Waals surface area contributed by atoms with Crippen LogP contribution in [-0.4, -0.2) is 46.7 Å². The van der Waals surface area contributed by atoms with Gasteiger partial charge in [-0.3, -0.25) is 4.79 Å². The largest absolute Gasteiger partial charge is 0.462 e. The first-order chi connectivity index (χ1) is 8.02. The molecule has 0 aromatic carbocycles. The van der Waals surface area contributed by atoms with Crippen molar-refractivity contribution in [2.45, 2.75) is 69.5 Å². The summed E-state index contributed by atoms with van der Waals surface area (Å²) in [4.78, 5) is 11.2. The molecule has 17 heavy (non-hydrogen) atoms. The molecule has 98 valence electrons. The Bertz CT molecular complexity index is 262. The summed E-state index contributed by atoms with van der Waals surface area (Å²) in [5.41, 5.74) is 0. The van der Waals surface area contributed by atoms with E-state index in [1.807, 2.05) is 0 Å². The van der Waals surface area contributed by atoms with Crippen LogP contribution in [0.5, 0.6) is 0 Å². The molecule has 0 aromatic rings. The third kappa shape index (κ3) is 3.66. The summed E-state index contributed by atoms with van der Waals surface area (Å²) >= 11 is 0. The molecule has 5 atom stereocenters. The van der Waals surface area contributed by atoms with Gasteiger partial charge in [-0.15, -0.1) is 0 Å². The van der Waals surface area contributed by atoms with Gasteiger partial charge in [-0.2, -0.15) is 0 Å². The molecule has 2 saturated heterocycles. The molecular formula is C12H20O5. The average molecular weight is 244 g/mol. The minimum Gasteiger partial charge on any atom is -0.462 e. The van der Waals surface area contributed by atoms with Crippen molar-refractivity contribution < 1.29 is 24.5 Å². The molecule has 0 radical (unpaired) electrons. The van der Waals surface area contributed by atoms with E-state index in [4.69, 9.17) is 9.47 Å². The van der Waals surface area contributed by atoms with Gasteiger partial charge in [0.05, 0.1) is 30.8 Å². The van der Waals surface area contributed by atoms with Crippen molar-refractivity contribution in [3.8, 4) is 0 Å². The normalized spacial score (nSPS) is 36.2. The number of rotatable bonds is 4. The number of ether oxygens (including phenoxy) is 2. The first kappa shape index (κ1) is 12.8. The molecule has 2 bridgehead atoms. The Morgan fingerprint density at radius 3 is 2.76 bits per heavy atom. The van der Waals surface area contributed by atoms with Crippen LogP contribution in [0.15, 0.2) is 0 Å². The highest BCUT2D eigenvalue weighted by molar-refractivity contribution is 5.71. The second kappa shape index (κ2) is 5.33. The van der Waals surface area contributed by atoms with E-state index >= 15 is 0 Å². The maximum atomic E-state index is 11.2. The van der Waals surface area contributed by atoms with Gasteiger partial charge in [0.15, 0.2) is 0 Å². The molecule has 5 nitrogen and oxygen atoms in total. The van der Waals surface area contributed by atoms with Crippen LogP contribution in [-0.2, 0) is 14.3 Å². The monoisotopic (exact) mass is 244 g/mol. The molecule has 0 aromatic heterocycles. The lowest BCUT2D eigenvalue weighted by Gasteiger charge is -2.39. The zero-order valence-corrected chi connectivity index (χ0v) is 10.0. The van der Waals surface area contributed by atoms with Crippen LogP contribution in [0.4, 0.5) is 0 Å². The molecule has 2 heterocycles. The number of hydrogen-bond acceptors (Lipinski definition) is 5. The van der Waals surface area contributed by atoms with Gasteiger partial charge < -0.3 is 19.7 Å². The highest BCUT2D eigenvalue weighted by Crippen LogP contribution is 2.31. The Hall–Kier alpha value is -0.650. The third-order valence-corrected chi connectivity index (χ3v) is 3.28. The van der Waals surface area contributed by atoms with Gasteiger partial charge in [-0.1, -0.05) is 0 Å². The fourth-order valence-electron chi connectivity index (χ4n) is 2.66. The highest BCUT2D eigenvalue weighted by Gasteiger charge is 2.37. The first-order valence-corrected chi connectivity index (χ1v) is 6.24. The van der Waals surface area contributed by atoms with Crippen molar-refractivity contribution in [1.82, 2.24) is 0 Å². The van der Waals surface area contributed by atoms with Crippen molar-refractivity contribution in [2.75, 3.05) is 0 Å². The van der Waals surface area contributed by atoms with Crippen molar-refractivity contribution in [3.05, 3.63) is 0 Å². The van der Waals surface area contributed by atoms with E-state index < -0.39 is 12.2 Å². The fraction of sp³-hybridized carbons (Fsp3) is 0.917. The molecule has 2 rings (SSSR count). The second-order valence-electron chi connectivity index (χ2n) is 5.14. The van der Waals surface area contributed by atoms with Crippen LogP contribution in [0.1, 0.15) is 39.0 Å². The summed E-state index contributed by atoms with van der Waals surface area (Å²) in [6, 6.07) is 0. The van der Waals surface area contributed by atoms with E-state index in [1.165, 1.54) is 0 Å². The number of esters is 1. The number of aliphatic hydroxyl groups is 2. The minimum atomic E-state index is -0.561. The Morgan fingerprint density at radius 2 is 2.12 bits per heavy atom. The number of hydrogen-bond donors (Lipinski definition) is 2.